The van der Waals surface area contributed by atoms with Gasteiger partial charge in [-0.2, -0.15) is 0 Å². The van der Waals surface area contributed by atoms with E-state index < -0.39 is 6.10 Å². The van der Waals surface area contributed by atoms with Crippen molar-refractivity contribution in [2.24, 2.45) is 0 Å². The van der Waals surface area contributed by atoms with E-state index in [1.807, 2.05) is 0 Å². The van der Waals surface area contributed by atoms with Gasteiger partial charge in [0.2, 0.25) is 0 Å². The summed E-state index contributed by atoms with van der Waals surface area (Å²) in [5, 5.41) is 0. The van der Waals surface area contributed by atoms with Crippen LogP contribution >= 0.6 is 0 Å². The normalized spacial score (nSPS) is 12.8. The van der Waals surface area contributed by atoms with E-state index in [4.69, 9.17) is 14.2 Å². The number of carbonyl (C=O) groups excluding carboxylic acids is 3. The Morgan fingerprint density at radius 3 is 0.795 bits per heavy atom. The van der Waals surface area contributed by atoms with E-state index in [1.165, 1.54) is 148 Å². The van der Waals surface area contributed by atoms with E-state index in [1.54, 1.807) is 0 Å². The predicted octanol–water partition coefficient (Wildman–Crippen LogP) is 22.6. The van der Waals surface area contributed by atoms with Gasteiger partial charge in [0.25, 0.3) is 0 Å². The van der Waals surface area contributed by atoms with E-state index in [-0.39, 0.29) is 31.1 Å². The van der Waals surface area contributed by atoms with Crippen molar-refractivity contribution in [2.75, 3.05) is 13.2 Å². The lowest BCUT2D eigenvalue weighted by Gasteiger charge is -2.18. The zero-order valence-corrected chi connectivity index (χ0v) is 51.2. The number of hydrogen-bond donors (Lipinski definition) is 0. The van der Waals surface area contributed by atoms with Crippen molar-refractivity contribution in [3.8, 4) is 0 Å². The third kappa shape index (κ3) is 62.9. The van der Waals surface area contributed by atoms with Gasteiger partial charge in [0, 0.05) is 19.3 Å². The van der Waals surface area contributed by atoms with Gasteiger partial charge in [0.1, 0.15) is 13.2 Å². The van der Waals surface area contributed by atoms with Crippen molar-refractivity contribution in [1.29, 1.82) is 0 Å². The Morgan fingerprint density at radius 1 is 0.269 bits per heavy atom. The maximum Gasteiger partial charge on any atom is 0.306 e. The van der Waals surface area contributed by atoms with Crippen LogP contribution in [-0.2, 0) is 28.6 Å². The maximum atomic E-state index is 12.8. The summed E-state index contributed by atoms with van der Waals surface area (Å²) in [5.74, 6) is -0.907. The highest BCUT2D eigenvalue weighted by atomic mass is 16.6. The van der Waals surface area contributed by atoms with Gasteiger partial charge in [-0.15, -0.1) is 0 Å². The molecule has 446 valence electrons. The van der Waals surface area contributed by atoms with Crippen molar-refractivity contribution in [1.82, 2.24) is 0 Å². The van der Waals surface area contributed by atoms with E-state index >= 15 is 0 Å². The Labute approximate surface area is 482 Å². The van der Waals surface area contributed by atoms with Gasteiger partial charge in [-0.3, -0.25) is 14.4 Å². The number of hydrogen-bond acceptors (Lipinski definition) is 6. The van der Waals surface area contributed by atoms with E-state index in [2.05, 4.69) is 130 Å². The molecule has 0 heterocycles. The first kappa shape index (κ1) is 74.1. The first-order valence-corrected chi connectivity index (χ1v) is 32.9. The molecule has 6 nitrogen and oxygen atoms in total. The zero-order chi connectivity index (χ0) is 56.4. The minimum atomic E-state index is -0.790. The Hall–Kier alpha value is -3.93. The highest BCUT2D eigenvalue weighted by Crippen LogP contribution is 2.17. The van der Waals surface area contributed by atoms with Gasteiger partial charge in [0.05, 0.1) is 0 Å². The lowest BCUT2D eigenvalue weighted by molar-refractivity contribution is -0.167. The highest BCUT2D eigenvalue weighted by molar-refractivity contribution is 5.71. The largest absolute Gasteiger partial charge is 0.462 e. The Morgan fingerprint density at radius 2 is 0.500 bits per heavy atom. The first-order chi connectivity index (χ1) is 38.5. The second-order valence-electron chi connectivity index (χ2n) is 21.6. The molecule has 1 atom stereocenters. The van der Waals surface area contributed by atoms with Crippen LogP contribution in [0.4, 0.5) is 0 Å². The number of esters is 3. The van der Waals surface area contributed by atoms with Gasteiger partial charge in [-0.1, -0.05) is 297 Å². The summed E-state index contributed by atoms with van der Waals surface area (Å²) in [4.78, 5) is 38.2. The standard InChI is InChI=1S/C72H122O6/c1-4-7-10-13-16-19-22-25-26-27-28-29-30-31-32-33-34-35-36-37-38-39-40-41-42-43-44-45-46-48-50-53-56-59-62-65-71(74)77-68-69(67-76-70(73)64-61-58-55-52-49-24-21-18-15-12-9-6-3)78-72(75)66-63-60-57-54-51-47-23-20-17-14-11-8-5-2/h7-8,10-11,16-17,19-20,25-26,28-29,31-32,34-35,47,51,69H,4-6,9,12-15,18,21-24,27,30,33,36-46,48-50,52-68H2,1-3H3/b10-7-,11-8-,19-16-,20-17-,26-25-,29-28-,32-31-,35-34-,51-47-. The van der Waals surface area contributed by atoms with Gasteiger partial charge in [-0.25, -0.2) is 0 Å². The highest BCUT2D eigenvalue weighted by Gasteiger charge is 2.19. The van der Waals surface area contributed by atoms with Crippen molar-refractivity contribution in [2.45, 2.75) is 316 Å². The fourth-order valence-electron chi connectivity index (χ4n) is 9.17. The predicted molar refractivity (Wildman–Crippen MR) is 339 cm³/mol. The van der Waals surface area contributed by atoms with Crippen molar-refractivity contribution in [3.63, 3.8) is 0 Å². The molecule has 0 aromatic carbocycles. The molecule has 0 bridgehead atoms. The third-order valence-corrected chi connectivity index (χ3v) is 14.0. The van der Waals surface area contributed by atoms with E-state index in [9.17, 15) is 14.4 Å². The van der Waals surface area contributed by atoms with Crippen LogP contribution < -0.4 is 0 Å². The fraction of sp³-hybridized carbons (Fsp3) is 0.708. The molecule has 0 aromatic heterocycles. The minimum Gasteiger partial charge on any atom is -0.462 e. The van der Waals surface area contributed by atoms with Crippen LogP contribution in [0.15, 0.2) is 109 Å². The van der Waals surface area contributed by atoms with Crippen LogP contribution in [-0.4, -0.2) is 37.2 Å². The third-order valence-electron chi connectivity index (χ3n) is 14.0. The molecule has 0 aliphatic heterocycles. The molecule has 0 N–H and O–H groups in total. The first-order valence-electron chi connectivity index (χ1n) is 32.9. The quantitative estimate of drug-likeness (QED) is 0.0261. The SMILES string of the molecule is CC/C=C\C/C=C\C/C=C\C/C=C\C/C=C\C/C=C\CCCCCCCCCCCCCCCCCCC(=O)OCC(COC(=O)CCCCCCCCCCCCCC)OC(=O)CCCCC/C=C\C/C=C\C/C=C\CC. The molecule has 0 radical (unpaired) electrons. The van der Waals surface area contributed by atoms with Crippen molar-refractivity contribution < 1.29 is 28.6 Å². The molecule has 0 spiro atoms. The van der Waals surface area contributed by atoms with Gasteiger partial charge in [-0.05, 0) is 103 Å². The average molecular weight is 1080 g/mol. The summed E-state index contributed by atoms with van der Waals surface area (Å²) in [6, 6.07) is 0. The maximum absolute atomic E-state index is 12.8. The number of carbonyl (C=O) groups is 3. The minimum absolute atomic E-state index is 0.0858. The summed E-state index contributed by atoms with van der Waals surface area (Å²) in [6.45, 7) is 6.40. The summed E-state index contributed by atoms with van der Waals surface area (Å²) in [5.41, 5.74) is 0. The zero-order valence-electron chi connectivity index (χ0n) is 51.2. The second kappa shape index (κ2) is 65.6. The molecular formula is C72H122O6. The molecule has 0 saturated heterocycles. The monoisotopic (exact) mass is 1080 g/mol. The Kier molecular flexibility index (Phi) is 62.3. The molecular weight excluding hydrogens is 961 g/mol. The van der Waals surface area contributed by atoms with Crippen molar-refractivity contribution in [3.05, 3.63) is 109 Å². The summed E-state index contributed by atoms with van der Waals surface area (Å²) in [6.07, 6.45) is 89.8. The molecule has 6 heteroatoms. The van der Waals surface area contributed by atoms with Crippen molar-refractivity contribution >= 4 is 17.9 Å². The molecule has 0 aliphatic rings. The number of unbranched alkanes of at least 4 members (excludes halogenated alkanes) is 30. The summed E-state index contributed by atoms with van der Waals surface area (Å²) < 4.78 is 16.9. The smallest absolute Gasteiger partial charge is 0.306 e. The van der Waals surface area contributed by atoms with E-state index in [0.29, 0.717) is 19.3 Å². The lowest BCUT2D eigenvalue weighted by Crippen LogP contribution is -2.30. The van der Waals surface area contributed by atoms with Crippen LogP contribution in [0.25, 0.3) is 0 Å². The topological polar surface area (TPSA) is 78.9 Å². The summed E-state index contributed by atoms with van der Waals surface area (Å²) >= 11 is 0. The Bertz CT molecular complexity index is 1570. The van der Waals surface area contributed by atoms with Crippen LogP contribution in [0, 0.1) is 0 Å². The van der Waals surface area contributed by atoms with E-state index in [0.717, 1.165) is 122 Å². The molecule has 0 saturated carbocycles. The van der Waals surface area contributed by atoms with Gasteiger partial charge < -0.3 is 14.2 Å². The molecule has 1 unspecified atom stereocenters. The lowest BCUT2D eigenvalue weighted by atomic mass is 10.0. The molecule has 78 heavy (non-hydrogen) atoms. The number of ether oxygens (including phenoxy) is 3. The number of allylic oxidation sites excluding steroid dienone is 18. The fourth-order valence-corrected chi connectivity index (χ4v) is 9.17. The molecule has 0 aromatic rings. The Balaban J connectivity index is 4.11. The van der Waals surface area contributed by atoms with Crippen LogP contribution in [0.3, 0.4) is 0 Å². The van der Waals surface area contributed by atoms with Crippen LogP contribution in [0.1, 0.15) is 310 Å². The van der Waals surface area contributed by atoms with Crippen LogP contribution in [0.5, 0.6) is 0 Å². The molecule has 0 rings (SSSR count). The van der Waals surface area contributed by atoms with Gasteiger partial charge in [0.15, 0.2) is 6.10 Å². The molecule has 0 aliphatic carbocycles. The van der Waals surface area contributed by atoms with Gasteiger partial charge >= 0.3 is 17.9 Å². The average Bonchev–Trinajstić information content (AvgIpc) is 3.44. The second-order valence-corrected chi connectivity index (χ2v) is 21.6. The molecule has 0 amide bonds. The molecule has 0 fully saturated rings. The number of rotatable bonds is 59. The summed E-state index contributed by atoms with van der Waals surface area (Å²) in [7, 11) is 0. The van der Waals surface area contributed by atoms with Crippen LogP contribution in [0.2, 0.25) is 0 Å².